The molecule has 6 heteroatoms. The molecule has 1 saturated heterocycles. The molecule has 1 aromatic carbocycles. The highest BCUT2D eigenvalue weighted by atomic mass is 35.5. The molecular weight excluding hydrogens is 290 g/mol. The van der Waals surface area contributed by atoms with Gasteiger partial charge < -0.3 is 10.2 Å². The van der Waals surface area contributed by atoms with Crippen molar-refractivity contribution < 1.29 is 9.18 Å². The summed E-state index contributed by atoms with van der Waals surface area (Å²) in [5.74, 6) is -0.381. The van der Waals surface area contributed by atoms with Gasteiger partial charge in [-0.05, 0) is 31.5 Å². The monoisotopic (exact) mass is 306 g/mol. The summed E-state index contributed by atoms with van der Waals surface area (Å²) in [7, 11) is 1.67. The first-order valence-corrected chi connectivity index (χ1v) is 6.38. The van der Waals surface area contributed by atoms with Crippen LogP contribution in [0.5, 0.6) is 0 Å². The summed E-state index contributed by atoms with van der Waals surface area (Å²) < 4.78 is 13.6. The van der Waals surface area contributed by atoms with E-state index >= 15 is 0 Å². The number of nitrogens with one attached hydrogen (secondary N) is 1. The van der Waals surface area contributed by atoms with E-state index in [4.69, 9.17) is 11.6 Å². The van der Waals surface area contributed by atoms with E-state index in [1.54, 1.807) is 19.2 Å². The van der Waals surface area contributed by atoms with Gasteiger partial charge in [0.05, 0.1) is 6.04 Å². The van der Waals surface area contributed by atoms with Crippen molar-refractivity contribution in [3.8, 4) is 0 Å². The second kappa shape index (κ2) is 7.08. The molecule has 1 amide bonds. The van der Waals surface area contributed by atoms with Gasteiger partial charge in [-0.3, -0.25) is 4.79 Å². The van der Waals surface area contributed by atoms with Crippen molar-refractivity contribution in [3.63, 3.8) is 0 Å². The third-order valence-corrected chi connectivity index (χ3v) is 3.55. The zero-order valence-electron chi connectivity index (χ0n) is 10.7. The first kappa shape index (κ1) is 16.2. The molecule has 0 spiro atoms. The Bertz CT molecular complexity index is 430. The summed E-state index contributed by atoms with van der Waals surface area (Å²) in [5.41, 5.74) is 0.369. The van der Waals surface area contributed by atoms with Crippen molar-refractivity contribution in [2.75, 3.05) is 13.6 Å². The van der Waals surface area contributed by atoms with Crippen LogP contribution < -0.4 is 5.32 Å². The zero-order chi connectivity index (χ0) is 13.1. The standard InChI is InChI=1S/C13H16ClFN2O.ClH/c1-17(13(18)12-6-3-7-16-12)8-9-10(14)4-2-5-11(9)15;/h2,4-5,12,16H,3,6-8H2,1H3;1H/t12-;/m0./s1. The molecule has 1 fully saturated rings. The largest absolute Gasteiger partial charge is 0.340 e. The van der Waals surface area contributed by atoms with E-state index in [2.05, 4.69) is 5.32 Å². The molecule has 106 valence electrons. The molecule has 19 heavy (non-hydrogen) atoms. The number of amides is 1. The lowest BCUT2D eigenvalue weighted by molar-refractivity contribution is -0.132. The fourth-order valence-electron chi connectivity index (χ4n) is 2.16. The van der Waals surface area contributed by atoms with E-state index in [1.807, 2.05) is 0 Å². The Labute approximate surface area is 123 Å². The first-order valence-electron chi connectivity index (χ1n) is 6.01. The van der Waals surface area contributed by atoms with Crippen LogP contribution >= 0.6 is 24.0 Å². The van der Waals surface area contributed by atoms with E-state index in [9.17, 15) is 9.18 Å². The minimum absolute atomic E-state index is 0. The average Bonchev–Trinajstić information content (AvgIpc) is 2.86. The van der Waals surface area contributed by atoms with Crippen molar-refractivity contribution in [2.45, 2.75) is 25.4 Å². The number of likely N-dealkylation sites (N-methyl/N-ethyl adjacent to an activating group) is 1. The molecule has 1 aliphatic rings. The van der Waals surface area contributed by atoms with Crippen LogP contribution in [-0.4, -0.2) is 30.4 Å². The Morgan fingerprint density at radius 1 is 1.58 bits per heavy atom. The molecular formula is C13H17Cl2FN2O. The highest BCUT2D eigenvalue weighted by Crippen LogP contribution is 2.21. The summed E-state index contributed by atoms with van der Waals surface area (Å²) >= 11 is 5.94. The molecule has 0 aromatic heterocycles. The van der Waals surface area contributed by atoms with E-state index in [-0.39, 0.29) is 36.7 Å². The highest BCUT2D eigenvalue weighted by molar-refractivity contribution is 6.31. The smallest absolute Gasteiger partial charge is 0.239 e. The fourth-order valence-corrected chi connectivity index (χ4v) is 2.38. The first-order chi connectivity index (χ1) is 8.59. The van der Waals surface area contributed by atoms with Gasteiger partial charge in [0.1, 0.15) is 5.82 Å². The number of nitrogens with zero attached hydrogens (tertiary/aromatic N) is 1. The van der Waals surface area contributed by atoms with Crippen molar-refractivity contribution in [1.29, 1.82) is 0 Å². The highest BCUT2D eigenvalue weighted by Gasteiger charge is 2.25. The number of carbonyl (C=O) groups is 1. The van der Waals surface area contributed by atoms with Crippen LogP contribution in [0, 0.1) is 5.82 Å². The van der Waals surface area contributed by atoms with Crippen LogP contribution in [0.25, 0.3) is 0 Å². The molecule has 3 nitrogen and oxygen atoms in total. The van der Waals surface area contributed by atoms with Gasteiger partial charge in [-0.25, -0.2) is 4.39 Å². The zero-order valence-corrected chi connectivity index (χ0v) is 12.2. The van der Waals surface area contributed by atoms with E-state index < -0.39 is 0 Å². The Balaban J connectivity index is 0.00000180. The van der Waals surface area contributed by atoms with Crippen molar-refractivity contribution in [1.82, 2.24) is 10.2 Å². The van der Waals surface area contributed by atoms with Crippen LogP contribution in [0.3, 0.4) is 0 Å². The molecule has 1 atom stereocenters. The van der Waals surface area contributed by atoms with E-state index in [0.29, 0.717) is 10.6 Å². The Hall–Kier alpha value is -0.840. The van der Waals surface area contributed by atoms with E-state index in [1.165, 1.54) is 11.0 Å². The number of halogens is 3. The van der Waals surface area contributed by atoms with Crippen molar-refractivity contribution in [2.24, 2.45) is 0 Å². The maximum Gasteiger partial charge on any atom is 0.239 e. The maximum atomic E-state index is 13.6. The molecule has 1 aliphatic heterocycles. The molecule has 0 unspecified atom stereocenters. The van der Waals surface area contributed by atoms with Gasteiger partial charge in [-0.15, -0.1) is 12.4 Å². The van der Waals surface area contributed by atoms with Gasteiger partial charge in [-0.1, -0.05) is 17.7 Å². The second-order valence-corrected chi connectivity index (χ2v) is 4.95. The summed E-state index contributed by atoms with van der Waals surface area (Å²) in [6.45, 7) is 1.06. The average molecular weight is 307 g/mol. The fraction of sp³-hybridized carbons (Fsp3) is 0.462. The predicted molar refractivity (Wildman–Crippen MR) is 76.2 cm³/mol. The summed E-state index contributed by atoms with van der Waals surface area (Å²) in [6, 6.07) is 4.40. The van der Waals surface area contributed by atoms with Gasteiger partial charge in [-0.2, -0.15) is 0 Å². The van der Waals surface area contributed by atoms with Crippen LogP contribution in [-0.2, 0) is 11.3 Å². The van der Waals surface area contributed by atoms with Gasteiger partial charge in [0, 0.05) is 24.2 Å². The minimum atomic E-state index is -0.374. The summed E-state index contributed by atoms with van der Waals surface area (Å²) in [4.78, 5) is 13.6. The SMILES string of the molecule is CN(Cc1c(F)cccc1Cl)C(=O)[C@@H]1CCCN1.Cl. The number of carbonyl (C=O) groups excluding carboxylic acids is 1. The third-order valence-electron chi connectivity index (χ3n) is 3.19. The topological polar surface area (TPSA) is 32.3 Å². The number of hydrogen-bond acceptors (Lipinski definition) is 2. The summed E-state index contributed by atoms with van der Waals surface area (Å²) in [6.07, 6.45) is 1.85. The lowest BCUT2D eigenvalue weighted by atomic mass is 10.1. The molecule has 0 saturated carbocycles. The van der Waals surface area contributed by atoms with E-state index in [0.717, 1.165) is 19.4 Å². The van der Waals surface area contributed by atoms with Gasteiger partial charge in [0.15, 0.2) is 0 Å². The van der Waals surface area contributed by atoms with Crippen molar-refractivity contribution in [3.05, 3.63) is 34.6 Å². The van der Waals surface area contributed by atoms with Crippen molar-refractivity contribution >= 4 is 29.9 Å². The Kier molecular flexibility index (Phi) is 6.04. The maximum absolute atomic E-state index is 13.6. The van der Waals surface area contributed by atoms with Crippen LogP contribution in [0.15, 0.2) is 18.2 Å². The van der Waals surface area contributed by atoms with Gasteiger partial charge in [0.25, 0.3) is 0 Å². The Morgan fingerprint density at radius 3 is 2.89 bits per heavy atom. The van der Waals surface area contributed by atoms with Crippen LogP contribution in [0.4, 0.5) is 4.39 Å². The van der Waals surface area contributed by atoms with Gasteiger partial charge >= 0.3 is 0 Å². The lowest BCUT2D eigenvalue weighted by Crippen LogP contribution is -2.41. The molecule has 0 radical (unpaired) electrons. The molecule has 1 aromatic rings. The molecule has 0 bridgehead atoms. The second-order valence-electron chi connectivity index (χ2n) is 4.54. The molecule has 1 N–H and O–H groups in total. The van der Waals surface area contributed by atoms with Crippen LogP contribution in [0.2, 0.25) is 5.02 Å². The van der Waals surface area contributed by atoms with Crippen LogP contribution in [0.1, 0.15) is 18.4 Å². The summed E-state index contributed by atoms with van der Waals surface area (Å²) in [5, 5.41) is 3.49. The Morgan fingerprint density at radius 2 is 2.32 bits per heavy atom. The number of benzene rings is 1. The number of rotatable bonds is 3. The third kappa shape index (κ3) is 3.81. The molecule has 2 rings (SSSR count). The minimum Gasteiger partial charge on any atom is -0.340 e. The number of hydrogen-bond donors (Lipinski definition) is 1. The normalized spacial score (nSPS) is 17.9. The quantitative estimate of drug-likeness (QED) is 0.931. The lowest BCUT2D eigenvalue weighted by Gasteiger charge is -2.22. The predicted octanol–water partition coefficient (Wildman–Crippen LogP) is 2.61. The molecule has 0 aliphatic carbocycles. The van der Waals surface area contributed by atoms with Gasteiger partial charge in [0.2, 0.25) is 5.91 Å². The molecule has 1 heterocycles.